The first-order valence-corrected chi connectivity index (χ1v) is 7.32. The van der Waals surface area contributed by atoms with E-state index in [1.165, 1.54) is 6.33 Å². The summed E-state index contributed by atoms with van der Waals surface area (Å²) in [5.41, 5.74) is 9.33. The van der Waals surface area contributed by atoms with Crippen molar-refractivity contribution in [2.75, 3.05) is 16.4 Å². The van der Waals surface area contributed by atoms with E-state index in [0.717, 1.165) is 16.9 Å². The molecule has 0 atom stereocenters. The van der Waals surface area contributed by atoms with Gasteiger partial charge in [-0.25, -0.2) is 9.97 Å². The fraction of sp³-hybridized carbons (Fsp3) is 0.0625. The van der Waals surface area contributed by atoms with Gasteiger partial charge in [0.25, 0.3) is 0 Å². The Morgan fingerprint density at radius 2 is 1.70 bits per heavy atom. The Labute approximate surface area is 138 Å². The predicted octanol–water partition coefficient (Wildman–Crippen LogP) is 3.90. The summed E-state index contributed by atoms with van der Waals surface area (Å²) < 4.78 is 0. The monoisotopic (exact) mass is 326 g/mol. The van der Waals surface area contributed by atoms with Crippen LogP contribution in [0.25, 0.3) is 0 Å². The summed E-state index contributed by atoms with van der Waals surface area (Å²) in [6.45, 7) is 1.96. The average molecular weight is 327 g/mol. The smallest absolute Gasteiger partial charge is 0.159 e. The summed E-state index contributed by atoms with van der Waals surface area (Å²) >= 11 is 5.97. The van der Waals surface area contributed by atoms with Gasteiger partial charge in [0.15, 0.2) is 11.6 Å². The van der Waals surface area contributed by atoms with Crippen molar-refractivity contribution in [3.8, 4) is 0 Å². The van der Waals surface area contributed by atoms with Crippen molar-refractivity contribution >= 4 is 40.3 Å². The zero-order valence-electron chi connectivity index (χ0n) is 12.4. The van der Waals surface area contributed by atoms with E-state index in [1.807, 2.05) is 37.3 Å². The maximum atomic E-state index is 6.17. The molecule has 0 saturated carbocycles. The number of hydrogen-bond donors (Lipinski definition) is 3. The third kappa shape index (κ3) is 3.49. The highest BCUT2D eigenvalue weighted by molar-refractivity contribution is 6.30. The largest absolute Gasteiger partial charge is 0.393 e. The van der Waals surface area contributed by atoms with Crippen LogP contribution in [0.3, 0.4) is 0 Å². The van der Waals surface area contributed by atoms with Crippen molar-refractivity contribution in [1.29, 1.82) is 0 Å². The normalized spacial score (nSPS) is 10.3. The lowest BCUT2D eigenvalue weighted by molar-refractivity contribution is 1.17. The molecular weight excluding hydrogens is 312 g/mol. The van der Waals surface area contributed by atoms with E-state index < -0.39 is 0 Å². The van der Waals surface area contributed by atoms with Gasteiger partial charge in [0.05, 0.1) is 0 Å². The van der Waals surface area contributed by atoms with Crippen molar-refractivity contribution < 1.29 is 0 Å². The minimum atomic E-state index is 0.429. The molecule has 23 heavy (non-hydrogen) atoms. The number of rotatable bonds is 4. The predicted molar refractivity (Wildman–Crippen MR) is 93.4 cm³/mol. The molecule has 2 heterocycles. The second kappa shape index (κ2) is 6.50. The molecule has 0 spiro atoms. The van der Waals surface area contributed by atoms with Gasteiger partial charge in [0, 0.05) is 28.8 Å². The highest BCUT2D eigenvalue weighted by Crippen LogP contribution is 2.29. The first kappa shape index (κ1) is 15.1. The van der Waals surface area contributed by atoms with Crippen molar-refractivity contribution in [1.82, 2.24) is 15.0 Å². The Balaban J connectivity index is 1.87. The van der Waals surface area contributed by atoms with E-state index in [2.05, 4.69) is 25.6 Å². The molecule has 0 aliphatic carbocycles. The second-order valence-electron chi connectivity index (χ2n) is 4.93. The molecule has 0 unspecified atom stereocenters. The molecule has 6 nitrogen and oxygen atoms in total. The number of hydrogen-bond acceptors (Lipinski definition) is 6. The van der Waals surface area contributed by atoms with Crippen LogP contribution in [0.5, 0.6) is 0 Å². The van der Waals surface area contributed by atoms with Crippen molar-refractivity contribution in [2.24, 2.45) is 0 Å². The zero-order chi connectivity index (χ0) is 16.2. The van der Waals surface area contributed by atoms with E-state index in [1.54, 1.807) is 12.4 Å². The summed E-state index contributed by atoms with van der Waals surface area (Å²) in [6.07, 6.45) is 4.83. The van der Waals surface area contributed by atoms with Gasteiger partial charge >= 0.3 is 0 Å². The van der Waals surface area contributed by atoms with Crippen molar-refractivity contribution in [2.45, 2.75) is 6.92 Å². The van der Waals surface area contributed by atoms with Crippen molar-refractivity contribution in [3.63, 3.8) is 0 Å². The molecule has 0 fully saturated rings. The lowest BCUT2D eigenvalue weighted by Crippen LogP contribution is -2.05. The highest BCUT2D eigenvalue weighted by atomic mass is 35.5. The molecule has 0 bridgehead atoms. The third-order valence-corrected chi connectivity index (χ3v) is 3.50. The summed E-state index contributed by atoms with van der Waals surface area (Å²) in [5.74, 6) is 1.06. The molecule has 1 aromatic carbocycles. The lowest BCUT2D eigenvalue weighted by atomic mass is 10.2. The number of aromatic nitrogens is 3. The number of halogens is 1. The first-order chi connectivity index (χ1) is 11.1. The number of nitrogen functional groups attached to an aromatic ring is 1. The molecule has 0 saturated heterocycles. The maximum absolute atomic E-state index is 6.17. The fourth-order valence-corrected chi connectivity index (χ4v) is 2.29. The zero-order valence-corrected chi connectivity index (χ0v) is 13.2. The van der Waals surface area contributed by atoms with Crippen LogP contribution in [-0.2, 0) is 0 Å². The highest BCUT2D eigenvalue weighted by Gasteiger charge is 2.10. The number of aryl methyl sites for hydroxylation is 1. The quantitative estimate of drug-likeness (QED) is 0.673. The number of pyridine rings is 1. The molecule has 3 aromatic rings. The fourth-order valence-electron chi connectivity index (χ4n) is 2.06. The summed E-state index contributed by atoms with van der Waals surface area (Å²) in [6, 6.07) is 9.23. The molecule has 2 aromatic heterocycles. The molecule has 0 radical (unpaired) electrons. The van der Waals surface area contributed by atoms with E-state index in [0.29, 0.717) is 22.3 Å². The van der Waals surface area contributed by atoms with Crippen molar-refractivity contribution in [3.05, 3.63) is 59.6 Å². The Morgan fingerprint density at radius 3 is 2.39 bits per heavy atom. The van der Waals surface area contributed by atoms with Gasteiger partial charge in [-0.2, -0.15) is 0 Å². The number of nitrogens with zero attached hydrogens (tertiary/aromatic N) is 3. The SMILES string of the molecule is Cc1cc(Cl)ccc1Nc1ncnc(Nc2ccncc2)c1N. The number of anilines is 5. The van der Waals surface area contributed by atoms with Gasteiger partial charge in [0.1, 0.15) is 12.0 Å². The summed E-state index contributed by atoms with van der Waals surface area (Å²) in [7, 11) is 0. The standard InChI is InChI=1S/C16H15ClN6/c1-10-8-11(17)2-3-13(10)23-16-14(18)15(20-9-21-16)22-12-4-6-19-7-5-12/h2-9H,18H2,1H3,(H2,19,20,21,22,23). The molecule has 4 N–H and O–H groups in total. The van der Waals surface area contributed by atoms with Crippen LogP contribution < -0.4 is 16.4 Å². The van der Waals surface area contributed by atoms with Gasteiger partial charge in [-0.3, -0.25) is 4.98 Å². The molecule has 0 amide bonds. The molecule has 3 rings (SSSR count). The Bertz CT molecular complexity index is 822. The van der Waals surface area contributed by atoms with Gasteiger partial charge in [0.2, 0.25) is 0 Å². The van der Waals surface area contributed by atoms with Gasteiger partial charge in [-0.15, -0.1) is 0 Å². The van der Waals surface area contributed by atoms with E-state index >= 15 is 0 Å². The summed E-state index contributed by atoms with van der Waals surface area (Å²) in [5, 5.41) is 7.04. The first-order valence-electron chi connectivity index (χ1n) is 6.94. The number of nitrogens with two attached hydrogens (primary N) is 1. The van der Waals surface area contributed by atoms with E-state index in [-0.39, 0.29) is 0 Å². The number of benzene rings is 1. The van der Waals surface area contributed by atoms with Gasteiger partial charge in [-0.1, -0.05) is 11.6 Å². The summed E-state index contributed by atoms with van der Waals surface area (Å²) in [4.78, 5) is 12.4. The average Bonchev–Trinajstić information content (AvgIpc) is 2.54. The minimum absolute atomic E-state index is 0.429. The maximum Gasteiger partial charge on any atom is 0.159 e. The second-order valence-corrected chi connectivity index (χ2v) is 5.37. The van der Waals surface area contributed by atoms with E-state index in [4.69, 9.17) is 17.3 Å². The molecule has 7 heteroatoms. The van der Waals surface area contributed by atoms with Gasteiger partial charge in [-0.05, 0) is 42.8 Å². The van der Waals surface area contributed by atoms with Crippen LogP contribution in [0.4, 0.5) is 28.7 Å². The Hall–Kier alpha value is -2.86. The van der Waals surface area contributed by atoms with Crippen LogP contribution in [0, 0.1) is 6.92 Å². The lowest BCUT2D eigenvalue weighted by Gasteiger charge is -2.14. The molecular formula is C16H15ClN6. The van der Waals surface area contributed by atoms with Gasteiger partial charge < -0.3 is 16.4 Å². The molecule has 0 aliphatic heterocycles. The third-order valence-electron chi connectivity index (χ3n) is 3.27. The molecule has 116 valence electrons. The number of nitrogens with one attached hydrogen (secondary N) is 2. The topological polar surface area (TPSA) is 88.8 Å². The molecule has 0 aliphatic rings. The van der Waals surface area contributed by atoms with E-state index in [9.17, 15) is 0 Å². The Morgan fingerprint density at radius 1 is 1.00 bits per heavy atom. The van der Waals surface area contributed by atoms with Crippen LogP contribution in [0.1, 0.15) is 5.56 Å². The Kier molecular flexibility index (Phi) is 4.25. The van der Waals surface area contributed by atoms with Crippen LogP contribution in [0.15, 0.2) is 49.1 Å². The van der Waals surface area contributed by atoms with Crippen LogP contribution in [-0.4, -0.2) is 15.0 Å². The van der Waals surface area contributed by atoms with Crippen LogP contribution in [0.2, 0.25) is 5.02 Å². The van der Waals surface area contributed by atoms with Crippen LogP contribution >= 0.6 is 11.6 Å². The minimum Gasteiger partial charge on any atom is -0.393 e.